The van der Waals surface area contributed by atoms with Gasteiger partial charge in [0.25, 0.3) is 0 Å². The van der Waals surface area contributed by atoms with Gasteiger partial charge >= 0.3 is 0 Å². The number of ketones is 1. The summed E-state index contributed by atoms with van der Waals surface area (Å²) in [6, 6.07) is 0. The van der Waals surface area contributed by atoms with Crippen molar-refractivity contribution in [3.63, 3.8) is 0 Å². The molecule has 0 aromatic heterocycles. The van der Waals surface area contributed by atoms with Gasteiger partial charge in [-0.05, 0) is 53.9 Å². The number of fused-ring (bicyclic) bond motifs is 1. The highest BCUT2D eigenvalue weighted by Crippen LogP contribution is 2.49. The van der Waals surface area contributed by atoms with E-state index >= 15 is 0 Å². The molecule has 1 aromatic rings. The smallest absolute Gasteiger partial charge is 0.195 e. The summed E-state index contributed by atoms with van der Waals surface area (Å²) in [7, 11) is 0. The number of benzene rings is 1. The van der Waals surface area contributed by atoms with Crippen LogP contribution in [0.15, 0.2) is 23.3 Å². The summed E-state index contributed by atoms with van der Waals surface area (Å²) in [6.45, 7) is 8.67. The summed E-state index contributed by atoms with van der Waals surface area (Å²) in [4.78, 5) is 12.1. The molecule has 0 spiro atoms. The van der Waals surface area contributed by atoms with Crippen LogP contribution in [0.5, 0.6) is 17.2 Å². The van der Waals surface area contributed by atoms with Crippen LogP contribution in [-0.2, 0) is 12.8 Å². The van der Waals surface area contributed by atoms with E-state index < -0.39 is 24.1 Å². The Balaban J connectivity index is 2.48. The Morgan fingerprint density at radius 3 is 2.31 bits per heavy atom. The number of rotatable bonds is 8. The topological polar surface area (TPSA) is 107 Å². The zero-order chi connectivity index (χ0) is 21.9. The van der Waals surface area contributed by atoms with E-state index in [4.69, 9.17) is 4.74 Å². The third-order valence-electron chi connectivity index (χ3n) is 5.28. The lowest BCUT2D eigenvalue weighted by atomic mass is 9.88. The van der Waals surface area contributed by atoms with Crippen LogP contribution in [-0.4, -0.2) is 44.5 Å². The molecule has 0 radical (unpaired) electrons. The van der Waals surface area contributed by atoms with Crippen LogP contribution in [0.25, 0.3) is 0 Å². The maximum atomic E-state index is 12.1. The fourth-order valence-corrected chi connectivity index (χ4v) is 3.51. The number of aromatic hydroxyl groups is 2. The highest BCUT2D eigenvalue weighted by molar-refractivity contribution is 6.03. The van der Waals surface area contributed by atoms with E-state index in [0.29, 0.717) is 36.1 Å². The number of aliphatic hydroxyl groups excluding tert-OH is 1. The molecule has 6 heteroatoms. The van der Waals surface area contributed by atoms with Crippen molar-refractivity contribution in [3.8, 4) is 17.2 Å². The Labute approximate surface area is 172 Å². The van der Waals surface area contributed by atoms with Gasteiger partial charge in [-0.25, -0.2) is 0 Å². The Hall–Kier alpha value is -2.31. The lowest BCUT2D eigenvalue weighted by Gasteiger charge is -2.29. The second-order valence-corrected chi connectivity index (χ2v) is 8.41. The van der Waals surface area contributed by atoms with Crippen molar-refractivity contribution in [2.24, 2.45) is 0 Å². The van der Waals surface area contributed by atoms with Gasteiger partial charge in [0.05, 0.1) is 5.60 Å². The molecule has 1 aliphatic heterocycles. The molecular weight excluding hydrogens is 372 g/mol. The molecule has 0 saturated heterocycles. The molecule has 0 aliphatic carbocycles. The van der Waals surface area contributed by atoms with Gasteiger partial charge in [-0.1, -0.05) is 23.3 Å². The predicted molar refractivity (Wildman–Crippen MR) is 112 cm³/mol. The first-order valence-electron chi connectivity index (χ1n) is 9.89. The largest absolute Gasteiger partial charge is 0.507 e. The summed E-state index contributed by atoms with van der Waals surface area (Å²) in [5.74, 6) is -1.23. The highest BCUT2D eigenvalue weighted by atomic mass is 16.5. The minimum atomic E-state index is -1.16. The van der Waals surface area contributed by atoms with E-state index in [2.05, 4.69) is 0 Å². The molecular formula is C23H32O6. The van der Waals surface area contributed by atoms with E-state index in [-0.39, 0.29) is 23.5 Å². The summed E-state index contributed by atoms with van der Waals surface area (Å²) in [6.07, 6.45) is 4.95. The minimum absolute atomic E-state index is 0.205. The first-order chi connectivity index (χ1) is 13.5. The molecule has 0 amide bonds. The molecule has 2 atom stereocenters. The van der Waals surface area contributed by atoms with Crippen molar-refractivity contribution in [1.29, 1.82) is 0 Å². The van der Waals surface area contributed by atoms with Gasteiger partial charge in [-0.15, -0.1) is 0 Å². The third-order valence-corrected chi connectivity index (χ3v) is 5.28. The van der Waals surface area contributed by atoms with Gasteiger partial charge < -0.3 is 25.2 Å². The van der Waals surface area contributed by atoms with Crippen LogP contribution >= 0.6 is 0 Å². The maximum Gasteiger partial charge on any atom is 0.195 e. The Morgan fingerprint density at radius 1 is 1.14 bits per heavy atom. The zero-order valence-electron chi connectivity index (χ0n) is 17.9. The quantitative estimate of drug-likeness (QED) is 0.390. The average molecular weight is 405 g/mol. The Kier molecular flexibility index (Phi) is 7.14. The number of phenolic OH excluding ortho intramolecular Hbond substituents is 2. The van der Waals surface area contributed by atoms with Crippen molar-refractivity contribution in [2.75, 3.05) is 6.61 Å². The van der Waals surface area contributed by atoms with Crippen molar-refractivity contribution in [2.45, 2.75) is 72.0 Å². The summed E-state index contributed by atoms with van der Waals surface area (Å²) < 4.78 is 6.03. The summed E-state index contributed by atoms with van der Waals surface area (Å²) in [5, 5.41) is 41.5. The van der Waals surface area contributed by atoms with Crippen molar-refractivity contribution < 1.29 is 30.0 Å². The number of allylic oxidation sites excluding steroid dienone is 4. The maximum absolute atomic E-state index is 12.1. The van der Waals surface area contributed by atoms with Crippen LogP contribution < -0.4 is 4.74 Å². The summed E-state index contributed by atoms with van der Waals surface area (Å²) in [5.41, 5.74) is 1.47. The van der Waals surface area contributed by atoms with Crippen LogP contribution in [0.2, 0.25) is 0 Å². The number of carbonyl (C=O) groups is 1. The molecule has 0 saturated carbocycles. The van der Waals surface area contributed by atoms with Crippen LogP contribution in [0.1, 0.15) is 68.9 Å². The molecule has 1 aliphatic rings. The van der Waals surface area contributed by atoms with Crippen LogP contribution in [0.4, 0.5) is 0 Å². The standard InChI is InChI=1S/C23H32O6/c1-13(2)7-6-10-23(5,28)18-11-16-21(27)19(17(25)12-24)20(26)15(22(16)29-18)9-8-14(3)4/h7-8,18,24,26-28H,6,9-12H2,1-5H3/t18-,23-/m0/s1. The predicted octanol–water partition coefficient (Wildman–Crippen LogP) is 3.58. The SMILES string of the molecule is CC(C)=CCC[C@](C)(O)[C@@H]1Cc2c(O)c(C(=O)CO)c(O)c(CC=C(C)C)c2O1. The number of hydrogen-bond donors (Lipinski definition) is 4. The average Bonchev–Trinajstić information content (AvgIpc) is 3.07. The Bertz CT molecular complexity index is 840. The Morgan fingerprint density at radius 2 is 1.76 bits per heavy atom. The van der Waals surface area contributed by atoms with Gasteiger partial charge in [0, 0.05) is 17.5 Å². The molecule has 6 nitrogen and oxygen atoms in total. The number of phenols is 2. The fraction of sp³-hybridized carbons (Fsp3) is 0.522. The lowest BCUT2D eigenvalue weighted by Crippen LogP contribution is -2.42. The third kappa shape index (κ3) is 5.00. The highest BCUT2D eigenvalue weighted by Gasteiger charge is 2.42. The molecule has 0 fully saturated rings. The first kappa shape index (κ1) is 23.0. The monoisotopic (exact) mass is 404 g/mol. The van der Waals surface area contributed by atoms with E-state index in [0.717, 1.165) is 11.1 Å². The van der Waals surface area contributed by atoms with Gasteiger partial charge in [-0.3, -0.25) is 4.79 Å². The number of aliphatic hydroxyl groups is 2. The second-order valence-electron chi connectivity index (χ2n) is 8.41. The van der Waals surface area contributed by atoms with Crippen molar-refractivity contribution in [3.05, 3.63) is 40.0 Å². The van der Waals surface area contributed by atoms with Crippen molar-refractivity contribution in [1.82, 2.24) is 0 Å². The molecule has 160 valence electrons. The fourth-order valence-electron chi connectivity index (χ4n) is 3.51. The van der Waals surface area contributed by atoms with Gasteiger partial charge in [-0.2, -0.15) is 0 Å². The molecule has 1 heterocycles. The molecule has 4 N–H and O–H groups in total. The first-order valence-corrected chi connectivity index (χ1v) is 9.89. The number of hydrogen-bond acceptors (Lipinski definition) is 6. The second kappa shape index (κ2) is 9.01. The molecule has 0 bridgehead atoms. The van der Waals surface area contributed by atoms with Crippen LogP contribution in [0, 0.1) is 0 Å². The summed E-state index contributed by atoms with van der Waals surface area (Å²) >= 11 is 0. The molecule has 29 heavy (non-hydrogen) atoms. The normalized spacial score (nSPS) is 17.1. The van der Waals surface area contributed by atoms with Gasteiger partial charge in [0.1, 0.15) is 35.5 Å². The minimum Gasteiger partial charge on any atom is -0.507 e. The van der Waals surface area contributed by atoms with Gasteiger partial charge in [0.15, 0.2) is 5.78 Å². The van der Waals surface area contributed by atoms with E-state index in [1.54, 1.807) is 6.92 Å². The molecule has 1 aromatic carbocycles. The van der Waals surface area contributed by atoms with Crippen LogP contribution in [0.3, 0.4) is 0 Å². The van der Waals surface area contributed by atoms with Gasteiger partial charge in [0.2, 0.25) is 0 Å². The van der Waals surface area contributed by atoms with E-state index in [9.17, 15) is 25.2 Å². The number of carbonyl (C=O) groups excluding carboxylic acids is 1. The number of Topliss-reactive ketones (excluding diaryl/α,β-unsaturated/α-hetero) is 1. The number of ether oxygens (including phenoxy) is 1. The van der Waals surface area contributed by atoms with Crippen molar-refractivity contribution >= 4 is 5.78 Å². The zero-order valence-corrected chi connectivity index (χ0v) is 17.9. The molecule has 0 unspecified atom stereocenters. The van der Waals surface area contributed by atoms with E-state index in [1.807, 2.05) is 39.8 Å². The van der Waals surface area contributed by atoms with E-state index in [1.165, 1.54) is 0 Å². The lowest BCUT2D eigenvalue weighted by molar-refractivity contribution is -0.0436. The molecule has 2 rings (SSSR count).